The molecule has 0 aromatic rings. The van der Waals surface area contributed by atoms with Crippen LogP contribution in [-0.2, 0) is 4.79 Å². The number of rotatable bonds is 10. The number of hydrogen-bond acceptors (Lipinski definition) is 3. The third-order valence-corrected chi connectivity index (χ3v) is 4.43. The van der Waals surface area contributed by atoms with Crippen molar-refractivity contribution in [3.05, 3.63) is 0 Å². The van der Waals surface area contributed by atoms with Gasteiger partial charge in [0.25, 0.3) is 5.91 Å². The number of aliphatic hydroxyl groups is 1. The first-order chi connectivity index (χ1) is 10.1. The second-order valence-electron chi connectivity index (χ2n) is 6.43. The van der Waals surface area contributed by atoms with Gasteiger partial charge in [-0.25, -0.2) is 5.01 Å². The van der Waals surface area contributed by atoms with Crippen molar-refractivity contribution in [1.29, 1.82) is 0 Å². The molecule has 1 aliphatic rings. The molecular weight excluding hydrogens is 264 g/mol. The molecule has 0 atom stereocenters. The first-order valence-electron chi connectivity index (χ1n) is 8.91. The van der Waals surface area contributed by atoms with Crippen molar-refractivity contribution in [1.82, 2.24) is 10.4 Å². The zero-order valence-electron chi connectivity index (χ0n) is 14.0. The average molecular weight is 298 g/mol. The Hall–Kier alpha value is -0.610. The van der Waals surface area contributed by atoms with E-state index in [0.29, 0.717) is 12.8 Å². The van der Waals surface area contributed by atoms with Crippen molar-refractivity contribution < 1.29 is 9.90 Å². The fraction of sp³-hybridized carbons (Fsp3) is 0.941. The number of carbonyl (C=O) groups is 1. The highest BCUT2D eigenvalue weighted by Crippen LogP contribution is 2.23. The highest BCUT2D eigenvalue weighted by atomic mass is 16.3. The smallest absolute Gasteiger partial charge is 0.266 e. The van der Waals surface area contributed by atoms with Crippen molar-refractivity contribution in [2.24, 2.45) is 0 Å². The third-order valence-electron chi connectivity index (χ3n) is 4.43. The van der Waals surface area contributed by atoms with Crippen LogP contribution in [0.4, 0.5) is 0 Å². The zero-order chi connectivity index (χ0) is 15.6. The fourth-order valence-corrected chi connectivity index (χ4v) is 2.94. The number of amides is 1. The molecular formula is C17H34N2O2. The summed E-state index contributed by atoms with van der Waals surface area (Å²) in [6.45, 7) is 6.10. The number of nitrogens with one attached hydrogen (secondary N) is 1. The van der Waals surface area contributed by atoms with Crippen LogP contribution < -0.4 is 5.43 Å². The fourth-order valence-electron chi connectivity index (χ4n) is 2.94. The summed E-state index contributed by atoms with van der Waals surface area (Å²) in [5.41, 5.74) is 1.78. The molecule has 1 aliphatic heterocycles. The Morgan fingerprint density at radius 3 is 2.00 bits per heavy atom. The molecule has 0 unspecified atom stereocenters. The van der Waals surface area contributed by atoms with Gasteiger partial charge < -0.3 is 5.11 Å². The molecule has 0 saturated carbocycles. The second-order valence-corrected chi connectivity index (χ2v) is 6.43. The third kappa shape index (κ3) is 6.79. The SMILES string of the molecule is CCCCCC(O)(CCCCC)C(=O)NN1CCCCC1. The van der Waals surface area contributed by atoms with E-state index >= 15 is 0 Å². The number of piperidine rings is 1. The van der Waals surface area contributed by atoms with Crippen molar-refractivity contribution in [3.63, 3.8) is 0 Å². The Balaban J connectivity index is 2.52. The van der Waals surface area contributed by atoms with Crippen molar-refractivity contribution in [3.8, 4) is 0 Å². The molecule has 1 amide bonds. The van der Waals surface area contributed by atoms with Crippen molar-refractivity contribution >= 4 is 5.91 Å². The largest absolute Gasteiger partial charge is 0.380 e. The molecule has 1 heterocycles. The quantitative estimate of drug-likeness (QED) is 0.608. The normalized spacial score (nSPS) is 16.9. The standard InChI is InChI=1S/C17H34N2O2/c1-3-5-8-12-17(21,13-9-6-4-2)16(20)18-19-14-10-7-11-15-19/h21H,3-15H2,1-2H3,(H,18,20). The maximum absolute atomic E-state index is 12.5. The zero-order valence-corrected chi connectivity index (χ0v) is 14.0. The van der Waals surface area contributed by atoms with Crippen LogP contribution in [0, 0.1) is 0 Å². The second kappa shape index (κ2) is 10.2. The summed E-state index contributed by atoms with van der Waals surface area (Å²) in [6, 6.07) is 0. The number of hydrogen-bond donors (Lipinski definition) is 2. The molecule has 0 aliphatic carbocycles. The number of unbranched alkanes of at least 4 members (excludes halogenated alkanes) is 4. The van der Waals surface area contributed by atoms with E-state index in [-0.39, 0.29) is 5.91 Å². The minimum atomic E-state index is -1.18. The average Bonchev–Trinajstić information content (AvgIpc) is 2.49. The van der Waals surface area contributed by atoms with E-state index in [4.69, 9.17) is 0 Å². The summed E-state index contributed by atoms with van der Waals surface area (Å²) in [7, 11) is 0. The summed E-state index contributed by atoms with van der Waals surface area (Å²) in [5.74, 6) is -0.184. The predicted octanol–water partition coefficient (Wildman–Crippen LogP) is 3.40. The lowest BCUT2D eigenvalue weighted by molar-refractivity contribution is -0.147. The van der Waals surface area contributed by atoms with Gasteiger partial charge in [-0.05, 0) is 25.7 Å². The molecule has 1 fully saturated rings. The number of hydrazine groups is 1. The van der Waals surface area contributed by atoms with Crippen LogP contribution in [0.5, 0.6) is 0 Å². The van der Waals surface area contributed by atoms with E-state index in [1.807, 2.05) is 5.01 Å². The molecule has 4 heteroatoms. The lowest BCUT2D eigenvalue weighted by Gasteiger charge is -2.33. The summed E-state index contributed by atoms with van der Waals surface area (Å²) >= 11 is 0. The van der Waals surface area contributed by atoms with E-state index in [9.17, 15) is 9.90 Å². The van der Waals surface area contributed by atoms with Gasteiger partial charge in [0.15, 0.2) is 0 Å². The van der Waals surface area contributed by atoms with Crippen LogP contribution in [0.25, 0.3) is 0 Å². The predicted molar refractivity (Wildman–Crippen MR) is 86.8 cm³/mol. The van der Waals surface area contributed by atoms with Gasteiger partial charge in [-0.1, -0.05) is 58.8 Å². The van der Waals surface area contributed by atoms with Gasteiger partial charge in [-0.3, -0.25) is 10.2 Å². The minimum absolute atomic E-state index is 0.184. The maximum atomic E-state index is 12.5. The lowest BCUT2D eigenvalue weighted by atomic mass is 9.89. The molecule has 1 saturated heterocycles. The minimum Gasteiger partial charge on any atom is -0.380 e. The Morgan fingerprint density at radius 2 is 1.52 bits per heavy atom. The Kier molecular flexibility index (Phi) is 8.93. The molecule has 21 heavy (non-hydrogen) atoms. The summed E-state index contributed by atoms with van der Waals surface area (Å²) in [5, 5.41) is 12.8. The van der Waals surface area contributed by atoms with Gasteiger partial charge >= 0.3 is 0 Å². The van der Waals surface area contributed by atoms with Crippen LogP contribution in [0.2, 0.25) is 0 Å². The summed E-state index contributed by atoms with van der Waals surface area (Å²) in [4.78, 5) is 12.5. The first-order valence-corrected chi connectivity index (χ1v) is 8.91. The topological polar surface area (TPSA) is 52.6 Å². The van der Waals surface area contributed by atoms with Crippen LogP contribution >= 0.6 is 0 Å². The van der Waals surface area contributed by atoms with E-state index in [1.54, 1.807) is 0 Å². The summed E-state index contributed by atoms with van der Waals surface area (Å²) < 4.78 is 0. The van der Waals surface area contributed by atoms with Gasteiger partial charge in [0.05, 0.1) is 0 Å². The first kappa shape index (κ1) is 18.4. The molecule has 0 aromatic carbocycles. The van der Waals surface area contributed by atoms with Crippen LogP contribution in [0.3, 0.4) is 0 Å². The molecule has 2 N–H and O–H groups in total. The Bertz CT molecular complexity index is 279. The van der Waals surface area contributed by atoms with Gasteiger partial charge in [-0.2, -0.15) is 0 Å². The Labute approximate surface area is 130 Å². The van der Waals surface area contributed by atoms with Crippen LogP contribution in [0.15, 0.2) is 0 Å². The van der Waals surface area contributed by atoms with Gasteiger partial charge in [0, 0.05) is 13.1 Å². The highest BCUT2D eigenvalue weighted by molar-refractivity contribution is 5.84. The van der Waals surface area contributed by atoms with Gasteiger partial charge in [-0.15, -0.1) is 0 Å². The van der Waals surface area contributed by atoms with E-state index < -0.39 is 5.60 Å². The maximum Gasteiger partial charge on any atom is 0.266 e. The van der Waals surface area contributed by atoms with E-state index in [2.05, 4.69) is 19.3 Å². The van der Waals surface area contributed by atoms with Crippen LogP contribution in [0.1, 0.15) is 84.5 Å². The number of carbonyl (C=O) groups excluding carboxylic acids is 1. The van der Waals surface area contributed by atoms with Gasteiger partial charge in [0.2, 0.25) is 0 Å². The highest BCUT2D eigenvalue weighted by Gasteiger charge is 2.35. The Morgan fingerprint density at radius 1 is 1.00 bits per heavy atom. The molecule has 124 valence electrons. The molecule has 0 aromatic heterocycles. The molecule has 4 nitrogen and oxygen atoms in total. The number of nitrogens with zero attached hydrogens (tertiary/aromatic N) is 1. The molecule has 0 radical (unpaired) electrons. The van der Waals surface area contributed by atoms with Crippen molar-refractivity contribution in [2.75, 3.05) is 13.1 Å². The summed E-state index contributed by atoms with van der Waals surface area (Å²) in [6.07, 6.45) is 10.9. The molecule has 0 spiro atoms. The van der Waals surface area contributed by atoms with Gasteiger partial charge in [0.1, 0.15) is 5.60 Å². The monoisotopic (exact) mass is 298 g/mol. The lowest BCUT2D eigenvalue weighted by Crippen LogP contribution is -2.54. The molecule has 1 rings (SSSR count). The van der Waals surface area contributed by atoms with Crippen molar-refractivity contribution in [2.45, 2.75) is 90.1 Å². The molecule has 0 bridgehead atoms. The van der Waals surface area contributed by atoms with Crippen LogP contribution in [-0.4, -0.2) is 34.7 Å². The van der Waals surface area contributed by atoms with E-state index in [0.717, 1.165) is 64.5 Å². The van der Waals surface area contributed by atoms with E-state index in [1.165, 1.54) is 6.42 Å².